The Morgan fingerprint density at radius 2 is 1.92 bits per heavy atom. The number of hydrogen-bond acceptors (Lipinski definition) is 5. The van der Waals surface area contributed by atoms with E-state index in [2.05, 4.69) is 18.7 Å². The second-order valence-corrected chi connectivity index (χ2v) is 10.5. The Morgan fingerprint density at radius 1 is 1.19 bits per heavy atom. The zero-order chi connectivity index (χ0) is 18.5. The molecule has 1 aromatic heterocycles. The molecule has 5 nitrogen and oxygen atoms in total. The average Bonchev–Trinajstić information content (AvgIpc) is 3.14. The van der Waals surface area contributed by atoms with E-state index in [1.54, 1.807) is 11.3 Å². The van der Waals surface area contributed by atoms with Crippen LogP contribution in [0.2, 0.25) is 0 Å². The maximum atomic E-state index is 13.2. The molecule has 1 atom stereocenters. The van der Waals surface area contributed by atoms with Crippen LogP contribution < -0.4 is 4.90 Å². The molecule has 0 radical (unpaired) electrons. The molecule has 0 aliphatic carbocycles. The number of benzene rings is 1. The van der Waals surface area contributed by atoms with Crippen molar-refractivity contribution in [3.8, 4) is 0 Å². The van der Waals surface area contributed by atoms with E-state index in [9.17, 15) is 13.2 Å². The van der Waals surface area contributed by atoms with Gasteiger partial charge in [-0.15, -0.1) is 11.3 Å². The Bertz CT molecular complexity index is 951. The molecular weight excluding hydrogens is 368 g/mol. The van der Waals surface area contributed by atoms with Crippen LogP contribution in [-0.2, 0) is 16.4 Å². The van der Waals surface area contributed by atoms with Gasteiger partial charge in [0.05, 0.1) is 18.2 Å². The topological polar surface area (TPSA) is 57.7 Å². The Hall–Kier alpha value is -1.70. The minimum Gasteiger partial charge on any atom is -0.286 e. The largest absolute Gasteiger partial charge is 0.286 e. The van der Waals surface area contributed by atoms with Crippen LogP contribution in [0.1, 0.15) is 32.8 Å². The third-order valence-corrected chi connectivity index (χ3v) is 8.43. The molecule has 1 aromatic carbocycles. The molecule has 138 valence electrons. The van der Waals surface area contributed by atoms with Crippen molar-refractivity contribution in [1.29, 1.82) is 0 Å². The maximum absolute atomic E-state index is 13.2. The number of amides is 1. The molecule has 2 aromatic rings. The van der Waals surface area contributed by atoms with Crippen molar-refractivity contribution in [2.45, 2.75) is 32.9 Å². The lowest BCUT2D eigenvalue weighted by Crippen LogP contribution is -2.49. The van der Waals surface area contributed by atoms with Gasteiger partial charge in [-0.2, -0.15) is 0 Å². The number of rotatable bonds is 2. The Kier molecular flexibility index (Phi) is 4.41. The molecule has 7 heteroatoms. The van der Waals surface area contributed by atoms with Crippen molar-refractivity contribution in [3.63, 3.8) is 0 Å². The van der Waals surface area contributed by atoms with Crippen LogP contribution in [0.25, 0.3) is 0 Å². The molecule has 2 aliphatic heterocycles. The number of fused-ring (bicyclic) bond motifs is 1. The molecule has 1 amide bonds. The second kappa shape index (κ2) is 6.48. The summed E-state index contributed by atoms with van der Waals surface area (Å²) in [7, 11) is -2.96. The number of carbonyl (C=O) groups is 1. The molecule has 0 bridgehead atoms. The first-order valence-electron chi connectivity index (χ1n) is 8.76. The minimum absolute atomic E-state index is 0.0150. The lowest BCUT2D eigenvalue weighted by Gasteiger charge is -2.38. The number of sulfone groups is 1. The lowest BCUT2D eigenvalue weighted by molar-refractivity contribution is 0.0945. The van der Waals surface area contributed by atoms with Gasteiger partial charge in [0.25, 0.3) is 5.91 Å². The van der Waals surface area contributed by atoms with Crippen molar-refractivity contribution in [3.05, 3.63) is 51.9 Å². The van der Waals surface area contributed by atoms with E-state index < -0.39 is 9.84 Å². The summed E-state index contributed by atoms with van der Waals surface area (Å²) in [4.78, 5) is 18.4. The summed E-state index contributed by atoms with van der Waals surface area (Å²) in [6, 6.07) is 9.27. The monoisotopic (exact) mass is 390 g/mol. The Morgan fingerprint density at radius 3 is 2.58 bits per heavy atom. The van der Waals surface area contributed by atoms with E-state index in [0.29, 0.717) is 25.2 Å². The fourth-order valence-electron chi connectivity index (χ4n) is 3.76. The highest BCUT2D eigenvalue weighted by molar-refractivity contribution is 7.91. The van der Waals surface area contributed by atoms with Crippen LogP contribution in [0, 0.1) is 13.8 Å². The first-order valence-corrected chi connectivity index (χ1v) is 11.4. The quantitative estimate of drug-likeness (QED) is 0.791. The van der Waals surface area contributed by atoms with Crippen molar-refractivity contribution < 1.29 is 13.2 Å². The van der Waals surface area contributed by atoms with Crippen molar-refractivity contribution >= 4 is 32.1 Å². The fourth-order valence-corrected chi connectivity index (χ4v) is 6.68. The molecule has 3 heterocycles. The number of anilines is 1. The predicted octanol–water partition coefficient (Wildman–Crippen LogP) is 2.97. The minimum atomic E-state index is -2.96. The first-order chi connectivity index (χ1) is 12.4. The second-order valence-electron chi connectivity index (χ2n) is 7.11. The molecule has 4 rings (SSSR count). The molecule has 2 aliphatic rings. The number of nitrogens with zero attached hydrogens (tertiary/aromatic N) is 2. The summed E-state index contributed by atoms with van der Waals surface area (Å²) in [6.07, 6.45) is 0.646. The van der Waals surface area contributed by atoms with Crippen LogP contribution in [0.15, 0.2) is 30.3 Å². The highest BCUT2D eigenvalue weighted by atomic mass is 32.2. The van der Waals surface area contributed by atoms with Gasteiger partial charge in [0.1, 0.15) is 5.00 Å². The van der Waals surface area contributed by atoms with Crippen LogP contribution in [0.4, 0.5) is 5.00 Å². The summed E-state index contributed by atoms with van der Waals surface area (Å²) in [5, 5.41) is 1.01. The molecular formula is C19H22N2O3S2. The standard InChI is InChI=1S/C19H22N2O3S2/c1-13-14(2)25-19-17(13)10-20(16-8-9-26(23,24)11-16)12-21(19)18(22)15-6-4-3-5-7-15/h3-7,16H,8-12H2,1-2H3. The molecule has 26 heavy (non-hydrogen) atoms. The molecule has 1 fully saturated rings. The summed E-state index contributed by atoms with van der Waals surface area (Å²) >= 11 is 1.65. The molecule has 0 N–H and O–H groups in total. The number of thiophene rings is 1. The van der Waals surface area contributed by atoms with Gasteiger partial charge in [0, 0.05) is 28.6 Å². The Balaban J connectivity index is 1.71. The lowest BCUT2D eigenvalue weighted by atomic mass is 10.1. The SMILES string of the molecule is Cc1sc2c(c1C)CN(C1CCS(=O)(=O)C1)CN2C(=O)c1ccccc1. The number of carbonyl (C=O) groups excluding carboxylic acids is 1. The van der Waals surface area contributed by atoms with Gasteiger partial charge in [-0.1, -0.05) is 18.2 Å². The zero-order valence-electron chi connectivity index (χ0n) is 14.9. The highest BCUT2D eigenvalue weighted by Gasteiger charge is 2.38. The molecule has 0 saturated carbocycles. The fraction of sp³-hybridized carbons (Fsp3) is 0.421. The van der Waals surface area contributed by atoms with Crippen molar-refractivity contribution in [2.24, 2.45) is 0 Å². The van der Waals surface area contributed by atoms with E-state index in [4.69, 9.17) is 0 Å². The van der Waals surface area contributed by atoms with Gasteiger partial charge in [-0.05, 0) is 38.0 Å². The summed E-state index contributed by atoms with van der Waals surface area (Å²) in [5.41, 5.74) is 3.02. The van der Waals surface area contributed by atoms with Gasteiger partial charge in [-0.3, -0.25) is 14.6 Å². The first kappa shape index (κ1) is 17.7. The summed E-state index contributed by atoms with van der Waals surface area (Å²) in [6.45, 7) is 5.32. The maximum Gasteiger partial charge on any atom is 0.260 e. The number of aryl methyl sites for hydroxylation is 1. The van der Waals surface area contributed by atoms with Gasteiger partial charge in [0.2, 0.25) is 0 Å². The highest BCUT2D eigenvalue weighted by Crippen LogP contribution is 2.41. The molecule has 0 spiro atoms. The van der Waals surface area contributed by atoms with Crippen LogP contribution in [0.5, 0.6) is 0 Å². The third kappa shape index (κ3) is 3.08. The van der Waals surface area contributed by atoms with E-state index in [1.807, 2.05) is 35.2 Å². The van der Waals surface area contributed by atoms with Crippen LogP contribution in [0.3, 0.4) is 0 Å². The zero-order valence-corrected chi connectivity index (χ0v) is 16.6. The van der Waals surface area contributed by atoms with Crippen LogP contribution >= 0.6 is 11.3 Å². The summed E-state index contributed by atoms with van der Waals surface area (Å²) in [5.74, 6) is 0.409. The van der Waals surface area contributed by atoms with Gasteiger partial charge in [0.15, 0.2) is 9.84 Å². The smallest absolute Gasteiger partial charge is 0.260 e. The van der Waals surface area contributed by atoms with E-state index in [0.717, 1.165) is 10.6 Å². The predicted molar refractivity (Wildman–Crippen MR) is 105 cm³/mol. The number of hydrogen-bond donors (Lipinski definition) is 0. The molecule has 1 unspecified atom stereocenters. The Labute approximate surface area is 158 Å². The summed E-state index contributed by atoms with van der Waals surface area (Å²) < 4.78 is 23.9. The van der Waals surface area contributed by atoms with Gasteiger partial charge >= 0.3 is 0 Å². The average molecular weight is 391 g/mol. The normalized spacial score (nSPS) is 22.4. The van der Waals surface area contributed by atoms with Gasteiger partial charge in [-0.25, -0.2) is 8.42 Å². The van der Waals surface area contributed by atoms with Crippen molar-refractivity contribution in [1.82, 2.24) is 4.90 Å². The third-order valence-electron chi connectivity index (χ3n) is 5.41. The van der Waals surface area contributed by atoms with E-state index in [1.165, 1.54) is 10.4 Å². The molecule has 1 saturated heterocycles. The van der Waals surface area contributed by atoms with Gasteiger partial charge < -0.3 is 0 Å². The van der Waals surface area contributed by atoms with Crippen molar-refractivity contribution in [2.75, 3.05) is 23.1 Å². The van der Waals surface area contributed by atoms with E-state index in [-0.39, 0.29) is 23.5 Å². The van der Waals surface area contributed by atoms with E-state index >= 15 is 0 Å². The van der Waals surface area contributed by atoms with Crippen LogP contribution in [-0.4, -0.2) is 43.4 Å².